The van der Waals surface area contributed by atoms with Gasteiger partial charge in [0.25, 0.3) is 0 Å². The predicted octanol–water partition coefficient (Wildman–Crippen LogP) is 5.91. The Bertz CT molecular complexity index is 1140. The minimum atomic E-state index is -0.369. The number of hydrogen-bond donors (Lipinski definition) is 2. The van der Waals surface area contributed by atoms with E-state index in [9.17, 15) is 8.78 Å². The minimum absolute atomic E-state index is 0.186. The molecule has 0 amide bonds. The number of aromatic nitrogens is 1. The lowest BCUT2D eigenvalue weighted by atomic mass is 9.90. The molecule has 1 aromatic heterocycles. The fraction of sp³-hybridized carbons (Fsp3) is 0.400. The summed E-state index contributed by atoms with van der Waals surface area (Å²) in [5.74, 6) is 0.0199. The standard InChI is InChI=1S/C25H28F2N4OS/c1-15(2)31-9-10-32-24-21(27)11-17(12-22(24)31)23-14-29-25(33-23)30-18-3-4-19(20(26)13-18)16-5-7-28-8-6-16/h3-4,11-16,28H,5-10H2,1-2H3,(H,29,30). The molecule has 0 radical (unpaired) electrons. The van der Waals surface area contributed by atoms with Crippen molar-refractivity contribution in [2.75, 3.05) is 36.5 Å². The van der Waals surface area contributed by atoms with Gasteiger partial charge >= 0.3 is 0 Å². The Hall–Kier alpha value is -2.71. The molecule has 2 aromatic carbocycles. The lowest BCUT2D eigenvalue weighted by Gasteiger charge is -2.34. The van der Waals surface area contributed by atoms with Crippen LogP contribution in [0.5, 0.6) is 5.75 Å². The quantitative estimate of drug-likeness (QED) is 0.486. The summed E-state index contributed by atoms with van der Waals surface area (Å²) in [5.41, 5.74) is 2.95. The van der Waals surface area contributed by atoms with Crippen LogP contribution in [0.3, 0.4) is 0 Å². The summed E-state index contributed by atoms with van der Waals surface area (Å²) >= 11 is 1.41. The highest BCUT2D eigenvalue weighted by Gasteiger charge is 2.25. The summed E-state index contributed by atoms with van der Waals surface area (Å²) in [7, 11) is 0. The van der Waals surface area contributed by atoms with E-state index >= 15 is 0 Å². The number of rotatable bonds is 5. The number of benzene rings is 2. The monoisotopic (exact) mass is 470 g/mol. The molecule has 3 aromatic rings. The first-order valence-electron chi connectivity index (χ1n) is 11.5. The SMILES string of the molecule is CC(C)N1CCOc2c(F)cc(-c3cnc(Nc4ccc(C5CCNCC5)c(F)c4)s3)cc21. The third kappa shape index (κ3) is 4.54. The average Bonchev–Trinajstić information content (AvgIpc) is 3.28. The van der Waals surface area contributed by atoms with Crippen LogP contribution in [0, 0.1) is 11.6 Å². The molecule has 2 aliphatic heterocycles. The number of nitrogens with zero attached hydrogens (tertiary/aromatic N) is 2. The third-order valence-electron chi connectivity index (χ3n) is 6.36. The Morgan fingerprint density at radius 2 is 1.97 bits per heavy atom. The van der Waals surface area contributed by atoms with E-state index in [1.54, 1.807) is 6.20 Å². The van der Waals surface area contributed by atoms with Gasteiger partial charge < -0.3 is 20.3 Å². The molecule has 174 valence electrons. The van der Waals surface area contributed by atoms with Gasteiger partial charge in [-0.3, -0.25) is 0 Å². The lowest BCUT2D eigenvalue weighted by molar-refractivity contribution is 0.287. The molecule has 8 heteroatoms. The summed E-state index contributed by atoms with van der Waals surface area (Å²) in [6.45, 7) is 7.23. The summed E-state index contributed by atoms with van der Waals surface area (Å²) in [6.07, 6.45) is 3.63. The largest absolute Gasteiger partial charge is 0.486 e. The zero-order chi connectivity index (χ0) is 22.9. The molecule has 5 nitrogen and oxygen atoms in total. The van der Waals surface area contributed by atoms with Crippen molar-refractivity contribution in [2.24, 2.45) is 0 Å². The molecule has 33 heavy (non-hydrogen) atoms. The van der Waals surface area contributed by atoms with Gasteiger partial charge in [0.2, 0.25) is 0 Å². The molecule has 0 saturated carbocycles. The van der Waals surface area contributed by atoms with E-state index in [2.05, 4.69) is 34.4 Å². The predicted molar refractivity (Wildman–Crippen MR) is 130 cm³/mol. The number of hydrogen-bond acceptors (Lipinski definition) is 6. The van der Waals surface area contributed by atoms with Gasteiger partial charge in [-0.2, -0.15) is 0 Å². The first kappa shape index (κ1) is 22.1. The molecule has 0 aliphatic carbocycles. The highest BCUT2D eigenvalue weighted by Crippen LogP contribution is 2.41. The van der Waals surface area contributed by atoms with Gasteiger partial charge in [-0.05, 0) is 81.1 Å². The highest BCUT2D eigenvalue weighted by molar-refractivity contribution is 7.18. The minimum Gasteiger partial charge on any atom is -0.486 e. The fourth-order valence-electron chi connectivity index (χ4n) is 4.64. The number of nitrogens with one attached hydrogen (secondary N) is 2. The van der Waals surface area contributed by atoms with Gasteiger partial charge in [-0.1, -0.05) is 17.4 Å². The Morgan fingerprint density at radius 1 is 1.15 bits per heavy atom. The zero-order valence-electron chi connectivity index (χ0n) is 18.8. The Morgan fingerprint density at radius 3 is 2.73 bits per heavy atom. The normalized spacial score (nSPS) is 16.6. The van der Waals surface area contributed by atoms with Crippen molar-refractivity contribution in [1.29, 1.82) is 0 Å². The van der Waals surface area contributed by atoms with Crippen LogP contribution in [0.1, 0.15) is 38.2 Å². The first-order valence-corrected chi connectivity index (χ1v) is 12.3. The van der Waals surface area contributed by atoms with Gasteiger partial charge in [0, 0.05) is 17.9 Å². The summed E-state index contributed by atoms with van der Waals surface area (Å²) in [4.78, 5) is 7.42. The molecular formula is C25H28F2N4OS. The highest BCUT2D eigenvalue weighted by atomic mass is 32.1. The molecule has 3 heterocycles. The molecule has 5 rings (SSSR count). The number of piperidine rings is 1. The third-order valence-corrected chi connectivity index (χ3v) is 7.32. The van der Waals surface area contributed by atoms with Crippen LogP contribution in [-0.4, -0.2) is 37.3 Å². The maximum absolute atomic E-state index is 14.8. The lowest BCUT2D eigenvalue weighted by Crippen LogP contribution is -2.38. The van der Waals surface area contributed by atoms with E-state index in [1.165, 1.54) is 23.5 Å². The molecular weight excluding hydrogens is 442 g/mol. The van der Waals surface area contributed by atoms with Crippen molar-refractivity contribution in [3.63, 3.8) is 0 Å². The van der Waals surface area contributed by atoms with Gasteiger partial charge in [-0.15, -0.1) is 0 Å². The molecule has 1 saturated heterocycles. The molecule has 2 aliphatic rings. The summed E-state index contributed by atoms with van der Waals surface area (Å²) in [6, 6.07) is 9.01. The van der Waals surface area contributed by atoms with E-state index < -0.39 is 0 Å². The van der Waals surface area contributed by atoms with Crippen molar-refractivity contribution in [2.45, 2.75) is 38.6 Å². The van der Waals surface area contributed by atoms with Gasteiger partial charge in [0.15, 0.2) is 16.7 Å². The van der Waals surface area contributed by atoms with E-state index in [4.69, 9.17) is 4.74 Å². The van der Waals surface area contributed by atoms with E-state index in [1.807, 2.05) is 18.2 Å². The van der Waals surface area contributed by atoms with Crippen molar-refractivity contribution >= 4 is 27.8 Å². The Labute approximate surface area is 196 Å². The Balaban J connectivity index is 1.36. The number of thiazole rings is 1. The van der Waals surface area contributed by atoms with Crippen LogP contribution in [-0.2, 0) is 0 Å². The number of ether oxygens (including phenoxy) is 1. The smallest absolute Gasteiger partial charge is 0.187 e. The maximum Gasteiger partial charge on any atom is 0.187 e. The van der Waals surface area contributed by atoms with E-state index in [-0.39, 0.29) is 23.6 Å². The molecule has 0 bridgehead atoms. The molecule has 2 N–H and O–H groups in total. The van der Waals surface area contributed by atoms with Crippen molar-refractivity contribution in [3.05, 3.63) is 53.7 Å². The number of anilines is 3. The summed E-state index contributed by atoms with van der Waals surface area (Å²) < 4.78 is 35.2. The molecule has 1 fully saturated rings. The average molecular weight is 471 g/mol. The van der Waals surface area contributed by atoms with Crippen LogP contribution in [0.4, 0.5) is 25.3 Å². The second-order valence-electron chi connectivity index (χ2n) is 8.86. The van der Waals surface area contributed by atoms with Crippen molar-refractivity contribution in [1.82, 2.24) is 10.3 Å². The fourth-order valence-corrected chi connectivity index (χ4v) is 5.46. The zero-order valence-corrected chi connectivity index (χ0v) is 19.6. The summed E-state index contributed by atoms with van der Waals surface area (Å²) in [5, 5.41) is 7.15. The maximum atomic E-state index is 14.8. The topological polar surface area (TPSA) is 49.4 Å². The molecule has 0 spiro atoms. The van der Waals surface area contributed by atoms with Gasteiger partial charge in [0.1, 0.15) is 12.4 Å². The number of fused-ring (bicyclic) bond motifs is 1. The van der Waals surface area contributed by atoms with Crippen LogP contribution >= 0.6 is 11.3 Å². The van der Waals surface area contributed by atoms with Crippen molar-refractivity contribution in [3.8, 4) is 16.2 Å². The Kier molecular flexibility index (Phi) is 6.21. The first-order chi connectivity index (χ1) is 16.0. The van der Waals surface area contributed by atoms with Gasteiger partial charge in [-0.25, -0.2) is 13.8 Å². The number of halogens is 2. The molecule has 0 atom stereocenters. The van der Waals surface area contributed by atoms with Crippen LogP contribution in [0.15, 0.2) is 36.5 Å². The van der Waals surface area contributed by atoms with Crippen LogP contribution < -0.4 is 20.3 Å². The van der Waals surface area contributed by atoms with Gasteiger partial charge in [0.05, 0.1) is 17.1 Å². The van der Waals surface area contributed by atoms with E-state index in [0.29, 0.717) is 23.2 Å². The van der Waals surface area contributed by atoms with E-state index in [0.717, 1.165) is 54.2 Å². The second kappa shape index (κ2) is 9.27. The van der Waals surface area contributed by atoms with Crippen molar-refractivity contribution < 1.29 is 13.5 Å². The second-order valence-corrected chi connectivity index (χ2v) is 9.89. The molecule has 0 unspecified atom stereocenters. The van der Waals surface area contributed by atoms with Crippen LogP contribution in [0.25, 0.3) is 10.4 Å². The van der Waals surface area contributed by atoms with Crippen LogP contribution in [0.2, 0.25) is 0 Å².